The van der Waals surface area contributed by atoms with E-state index in [4.69, 9.17) is 4.74 Å². The van der Waals surface area contributed by atoms with Gasteiger partial charge in [0.2, 0.25) is 15.9 Å². The minimum Gasteiger partial charge on any atom is -0.372 e. The number of hydrogen-bond donors (Lipinski definition) is 2. The number of alkyl halides is 3. The van der Waals surface area contributed by atoms with Crippen molar-refractivity contribution in [2.24, 2.45) is 0 Å². The molecule has 0 saturated carbocycles. The van der Waals surface area contributed by atoms with Crippen molar-refractivity contribution in [3.8, 4) is 0 Å². The van der Waals surface area contributed by atoms with Gasteiger partial charge in [-0.05, 0) is 31.2 Å². The molecule has 1 aromatic carbocycles. The predicted octanol–water partition coefficient (Wildman–Crippen LogP) is 1.50. The lowest BCUT2D eigenvalue weighted by Crippen LogP contribution is -2.33. The first kappa shape index (κ1) is 18.4. The molecule has 0 aromatic heterocycles. The lowest BCUT2D eigenvalue weighted by Gasteiger charge is -2.10. The number of halogens is 3. The SMILES string of the molecule is CCOCC(=O)Nc1ccc(S(=O)(=O)NCC(F)(F)F)cc1. The molecule has 6 nitrogen and oxygen atoms in total. The first-order valence-electron chi connectivity index (χ1n) is 6.18. The average Bonchev–Trinajstić information content (AvgIpc) is 2.43. The number of benzene rings is 1. The highest BCUT2D eigenvalue weighted by Gasteiger charge is 2.29. The highest BCUT2D eigenvalue weighted by atomic mass is 32.2. The zero-order valence-electron chi connectivity index (χ0n) is 11.6. The Balaban J connectivity index is 2.69. The number of carbonyl (C=O) groups excluding carboxylic acids is 1. The van der Waals surface area contributed by atoms with Gasteiger partial charge in [0.15, 0.2) is 0 Å². The van der Waals surface area contributed by atoms with E-state index in [0.29, 0.717) is 12.3 Å². The van der Waals surface area contributed by atoms with E-state index in [9.17, 15) is 26.4 Å². The molecule has 0 bridgehead atoms. The second-order valence-corrected chi connectivity index (χ2v) is 5.92. The zero-order chi connectivity index (χ0) is 16.8. The Kier molecular flexibility index (Phi) is 6.33. The number of amides is 1. The van der Waals surface area contributed by atoms with Gasteiger partial charge < -0.3 is 10.1 Å². The lowest BCUT2D eigenvalue weighted by molar-refractivity contribution is -0.121. The first-order chi connectivity index (χ1) is 10.1. The van der Waals surface area contributed by atoms with Crippen molar-refractivity contribution < 1.29 is 31.1 Å². The van der Waals surface area contributed by atoms with Crippen molar-refractivity contribution in [3.63, 3.8) is 0 Å². The molecule has 10 heteroatoms. The molecule has 0 radical (unpaired) electrons. The molecule has 0 atom stereocenters. The molecule has 0 heterocycles. The van der Waals surface area contributed by atoms with Crippen molar-refractivity contribution in [2.45, 2.75) is 18.0 Å². The summed E-state index contributed by atoms with van der Waals surface area (Å²) in [5.41, 5.74) is 0.305. The smallest absolute Gasteiger partial charge is 0.372 e. The molecule has 2 N–H and O–H groups in total. The second-order valence-electron chi connectivity index (χ2n) is 4.15. The van der Waals surface area contributed by atoms with Crippen LogP contribution in [0.5, 0.6) is 0 Å². The Bertz CT molecular complexity index is 600. The van der Waals surface area contributed by atoms with Gasteiger partial charge in [-0.15, -0.1) is 0 Å². The maximum absolute atomic E-state index is 12.0. The maximum atomic E-state index is 12.0. The van der Waals surface area contributed by atoms with Crippen molar-refractivity contribution in [1.29, 1.82) is 0 Å². The van der Waals surface area contributed by atoms with Crippen LogP contribution in [0.2, 0.25) is 0 Å². The van der Waals surface area contributed by atoms with Crippen molar-refractivity contribution in [3.05, 3.63) is 24.3 Å². The number of sulfonamides is 1. The van der Waals surface area contributed by atoms with Gasteiger partial charge in [-0.1, -0.05) is 0 Å². The van der Waals surface area contributed by atoms with E-state index in [1.807, 2.05) is 0 Å². The summed E-state index contributed by atoms with van der Waals surface area (Å²) in [6.45, 7) is 0.294. The van der Waals surface area contributed by atoms with Crippen LogP contribution in [0.1, 0.15) is 6.92 Å². The number of anilines is 1. The third kappa shape index (κ3) is 6.41. The van der Waals surface area contributed by atoms with Crippen molar-refractivity contribution in [2.75, 3.05) is 25.1 Å². The van der Waals surface area contributed by atoms with Gasteiger partial charge in [0.25, 0.3) is 0 Å². The molecule has 124 valence electrons. The van der Waals surface area contributed by atoms with Gasteiger partial charge in [-0.25, -0.2) is 13.1 Å². The van der Waals surface area contributed by atoms with Gasteiger partial charge >= 0.3 is 6.18 Å². The van der Waals surface area contributed by atoms with Crippen LogP contribution in [0.3, 0.4) is 0 Å². The van der Waals surface area contributed by atoms with Gasteiger partial charge in [0.1, 0.15) is 13.2 Å². The summed E-state index contributed by atoms with van der Waals surface area (Å²) in [5, 5.41) is 2.45. The Morgan fingerprint density at radius 3 is 2.32 bits per heavy atom. The third-order valence-electron chi connectivity index (χ3n) is 2.35. The number of carbonyl (C=O) groups is 1. The van der Waals surface area contributed by atoms with E-state index in [1.54, 1.807) is 6.92 Å². The van der Waals surface area contributed by atoms with E-state index >= 15 is 0 Å². The molecule has 1 amide bonds. The minimum absolute atomic E-state index is 0.149. The summed E-state index contributed by atoms with van der Waals surface area (Å²) in [7, 11) is -4.26. The normalized spacial score (nSPS) is 12.2. The topological polar surface area (TPSA) is 84.5 Å². The standard InChI is InChI=1S/C12H15F3N2O4S/c1-2-21-7-11(18)17-9-3-5-10(6-4-9)22(19,20)16-8-12(13,14)15/h3-6,16H,2,7-8H2,1H3,(H,17,18). The Morgan fingerprint density at radius 1 is 1.23 bits per heavy atom. The van der Waals surface area contributed by atoms with Crippen molar-refractivity contribution >= 4 is 21.6 Å². The fourth-order valence-electron chi connectivity index (χ4n) is 1.37. The number of ether oxygens (including phenoxy) is 1. The summed E-state index contributed by atoms with van der Waals surface area (Å²) < 4.78 is 65.7. The molecule has 0 aliphatic heterocycles. The Labute approximate surface area is 125 Å². The van der Waals surface area contributed by atoms with E-state index in [-0.39, 0.29) is 11.5 Å². The summed E-state index contributed by atoms with van der Waals surface area (Å²) in [4.78, 5) is 11.0. The van der Waals surface area contributed by atoms with Crippen LogP contribution in [0.4, 0.5) is 18.9 Å². The van der Waals surface area contributed by atoms with Gasteiger partial charge in [-0.2, -0.15) is 13.2 Å². The van der Waals surface area contributed by atoms with Crippen LogP contribution in [0, 0.1) is 0 Å². The molecule has 22 heavy (non-hydrogen) atoms. The Hall–Kier alpha value is -1.65. The summed E-state index contributed by atoms with van der Waals surface area (Å²) in [6, 6.07) is 4.72. The van der Waals surface area contributed by atoms with Crippen LogP contribution in [0.15, 0.2) is 29.2 Å². The minimum atomic E-state index is -4.64. The molecule has 0 spiro atoms. The summed E-state index contributed by atoms with van der Waals surface area (Å²) in [6.07, 6.45) is -4.64. The molecule has 1 rings (SSSR count). The van der Waals surface area contributed by atoms with Crippen molar-refractivity contribution in [1.82, 2.24) is 4.72 Å². The molecule has 0 aliphatic rings. The van der Waals surface area contributed by atoms with Crippen LogP contribution >= 0.6 is 0 Å². The van der Waals surface area contributed by atoms with E-state index < -0.39 is 28.7 Å². The number of rotatable bonds is 7. The van der Waals surface area contributed by atoms with Gasteiger partial charge in [0.05, 0.1) is 4.90 Å². The predicted molar refractivity (Wildman–Crippen MR) is 72.8 cm³/mol. The maximum Gasteiger partial charge on any atom is 0.402 e. The van der Waals surface area contributed by atoms with E-state index in [2.05, 4.69) is 5.32 Å². The van der Waals surface area contributed by atoms with Crippen LogP contribution in [-0.4, -0.2) is 40.3 Å². The fourth-order valence-corrected chi connectivity index (χ4v) is 2.38. The summed E-state index contributed by atoms with van der Waals surface area (Å²) >= 11 is 0. The highest BCUT2D eigenvalue weighted by molar-refractivity contribution is 7.89. The van der Waals surface area contributed by atoms with E-state index in [1.165, 1.54) is 16.9 Å². The highest BCUT2D eigenvalue weighted by Crippen LogP contribution is 2.17. The molecular formula is C12H15F3N2O4S. The molecule has 1 aromatic rings. The van der Waals surface area contributed by atoms with Crippen LogP contribution in [0.25, 0.3) is 0 Å². The molecule has 0 aliphatic carbocycles. The second kappa shape index (κ2) is 7.56. The fraction of sp³-hybridized carbons (Fsp3) is 0.417. The zero-order valence-corrected chi connectivity index (χ0v) is 12.4. The average molecular weight is 340 g/mol. The molecule has 0 saturated heterocycles. The molecule has 0 unspecified atom stereocenters. The first-order valence-corrected chi connectivity index (χ1v) is 7.66. The summed E-state index contributed by atoms with van der Waals surface area (Å²) in [5.74, 6) is -0.423. The third-order valence-corrected chi connectivity index (χ3v) is 3.77. The van der Waals surface area contributed by atoms with E-state index in [0.717, 1.165) is 12.1 Å². The van der Waals surface area contributed by atoms with Gasteiger partial charge in [0, 0.05) is 12.3 Å². The molecule has 0 fully saturated rings. The lowest BCUT2D eigenvalue weighted by atomic mass is 10.3. The van der Waals surface area contributed by atoms with Crippen LogP contribution in [-0.2, 0) is 19.6 Å². The van der Waals surface area contributed by atoms with Crippen LogP contribution < -0.4 is 10.0 Å². The Morgan fingerprint density at radius 2 is 1.82 bits per heavy atom. The quantitative estimate of drug-likeness (QED) is 0.788. The molecular weight excluding hydrogens is 325 g/mol. The monoisotopic (exact) mass is 340 g/mol. The largest absolute Gasteiger partial charge is 0.402 e. The van der Waals surface area contributed by atoms with Gasteiger partial charge in [-0.3, -0.25) is 4.79 Å². The number of nitrogens with one attached hydrogen (secondary N) is 2. The number of hydrogen-bond acceptors (Lipinski definition) is 4.